The van der Waals surface area contributed by atoms with E-state index in [0.717, 1.165) is 25.7 Å². The summed E-state index contributed by atoms with van der Waals surface area (Å²) in [5, 5.41) is 5.22. The maximum atomic E-state index is 12.2. The second-order valence-corrected chi connectivity index (χ2v) is 6.07. The Bertz CT molecular complexity index is 438. The van der Waals surface area contributed by atoms with Crippen molar-refractivity contribution in [2.24, 2.45) is 22.9 Å². The molecule has 2 atom stereocenters. The van der Waals surface area contributed by atoms with Crippen molar-refractivity contribution in [3.05, 3.63) is 0 Å². The van der Waals surface area contributed by atoms with E-state index >= 15 is 0 Å². The summed E-state index contributed by atoms with van der Waals surface area (Å²) in [5.41, 5.74) is 21.6. The molecule has 0 aliphatic carbocycles. The summed E-state index contributed by atoms with van der Waals surface area (Å²) in [6.07, 6.45) is 2.70. The van der Waals surface area contributed by atoms with Gasteiger partial charge in [0, 0.05) is 0 Å². The Morgan fingerprint density at radius 3 is 2.15 bits per heavy atom. The van der Waals surface area contributed by atoms with E-state index in [9.17, 15) is 14.4 Å². The van der Waals surface area contributed by atoms with Crippen LogP contribution < -0.4 is 33.6 Å². The lowest BCUT2D eigenvalue weighted by Crippen LogP contribution is -2.47. The van der Waals surface area contributed by atoms with Gasteiger partial charge in [0.05, 0.1) is 18.6 Å². The highest BCUT2D eigenvalue weighted by Crippen LogP contribution is 2.04. The summed E-state index contributed by atoms with van der Waals surface area (Å²) < 4.78 is 9.58. The van der Waals surface area contributed by atoms with Crippen LogP contribution in [0.2, 0.25) is 0 Å². The topological polar surface area (TPSA) is 198 Å². The van der Waals surface area contributed by atoms with E-state index in [2.05, 4.69) is 15.4 Å². The lowest BCUT2D eigenvalue weighted by atomic mass is 10.1. The molecule has 0 spiro atoms. The smallest absolute Gasteiger partial charge is 0.407 e. The third kappa shape index (κ3) is 14.7. The molecule has 11 nitrogen and oxygen atoms in total. The predicted octanol–water partition coefficient (Wildman–Crippen LogP) is -1.12. The van der Waals surface area contributed by atoms with Crippen molar-refractivity contribution in [3.63, 3.8) is 0 Å². The molecule has 0 rings (SSSR count). The van der Waals surface area contributed by atoms with Crippen LogP contribution in [-0.4, -0.2) is 63.0 Å². The van der Waals surface area contributed by atoms with Gasteiger partial charge in [-0.1, -0.05) is 12.8 Å². The first kappa shape index (κ1) is 24.9. The van der Waals surface area contributed by atoms with Crippen molar-refractivity contribution in [3.8, 4) is 0 Å². The maximum Gasteiger partial charge on any atom is 0.407 e. The normalized spacial score (nSPS) is 12.7. The first-order valence-electron chi connectivity index (χ1n) is 9.19. The van der Waals surface area contributed by atoms with Gasteiger partial charge in [-0.15, -0.1) is 0 Å². The highest BCUT2D eigenvalue weighted by atomic mass is 16.6. The fourth-order valence-electron chi connectivity index (χ4n) is 2.21. The van der Waals surface area contributed by atoms with Crippen LogP contribution >= 0.6 is 0 Å². The summed E-state index contributed by atoms with van der Waals surface area (Å²) in [4.78, 5) is 34.2. The van der Waals surface area contributed by atoms with Crippen LogP contribution in [0, 0.1) is 0 Å². The van der Waals surface area contributed by atoms with Crippen molar-refractivity contribution in [2.75, 3.05) is 32.8 Å². The summed E-state index contributed by atoms with van der Waals surface area (Å²) in [6.45, 7) is 1.11. The van der Waals surface area contributed by atoms with Crippen LogP contribution in [0.4, 0.5) is 9.59 Å². The number of ether oxygens (including phenoxy) is 2. The SMILES string of the molecule is NCCCCC(COC(=O)NCCOC(N)=O)NC(=O)C(N)CCCCN. The lowest BCUT2D eigenvalue weighted by molar-refractivity contribution is -0.123. The van der Waals surface area contributed by atoms with Gasteiger partial charge in [0.25, 0.3) is 0 Å². The van der Waals surface area contributed by atoms with Crippen molar-refractivity contribution in [1.82, 2.24) is 10.6 Å². The van der Waals surface area contributed by atoms with E-state index in [0.29, 0.717) is 25.9 Å². The highest BCUT2D eigenvalue weighted by Gasteiger charge is 2.19. The van der Waals surface area contributed by atoms with Crippen LogP contribution in [0.15, 0.2) is 0 Å². The minimum absolute atomic E-state index is 0.00561. The number of carbonyl (C=O) groups excluding carboxylic acids is 3. The van der Waals surface area contributed by atoms with E-state index in [1.165, 1.54) is 0 Å². The Kier molecular flexibility index (Phi) is 14.8. The fraction of sp³-hybridized carbons (Fsp3) is 0.812. The molecule has 0 bridgehead atoms. The Labute approximate surface area is 159 Å². The molecule has 0 aliphatic rings. The van der Waals surface area contributed by atoms with Crippen molar-refractivity contribution < 1.29 is 23.9 Å². The Morgan fingerprint density at radius 2 is 1.56 bits per heavy atom. The van der Waals surface area contributed by atoms with Gasteiger partial charge in [0.1, 0.15) is 13.2 Å². The minimum Gasteiger partial charge on any atom is -0.448 e. The van der Waals surface area contributed by atoms with Crippen LogP contribution in [0.1, 0.15) is 38.5 Å². The molecular weight excluding hydrogens is 356 g/mol. The zero-order chi connectivity index (χ0) is 20.5. The number of hydrogen-bond donors (Lipinski definition) is 6. The quantitative estimate of drug-likeness (QED) is 0.189. The summed E-state index contributed by atoms with van der Waals surface area (Å²) >= 11 is 0. The molecule has 0 radical (unpaired) electrons. The minimum atomic E-state index is -0.921. The lowest BCUT2D eigenvalue weighted by Gasteiger charge is -2.21. The molecule has 27 heavy (non-hydrogen) atoms. The Morgan fingerprint density at radius 1 is 0.926 bits per heavy atom. The van der Waals surface area contributed by atoms with Gasteiger partial charge < -0.3 is 43.0 Å². The average molecular weight is 390 g/mol. The Balaban J connectivity index is 4.30. The summed E-state index contributed by atoms with van der Waals surface area (Å²) in [5.74, 6) is -0.288. The second kappa shape index (κ2) is 16.1. The number of unbranched alkanes of at least 4 members (excludes halogenated alkanes) is 2. The monoisotopic (exact) mass is 390 g/mol. The van der Waals surface area contributed by atoms with E-state index < -0.39 is 18.2 Å². The molecule has 0 aromatic carbocycles. The predicted molar refractivity (Wildman–Crippen MR) is 101 cm³/mol. The first-order valence-corrected chi connectivity index (χ1v) is 9.19. The van der Waals surface area contributed by atoms with Crippen LogP contribution in [0.25, 0.3) is 0 Å². The van der Waals surface area contributed by atoms with Gasteiger partial charge in [-0.2, -0.15) is 0 Å². The zero-order valence-electron chi connectivity index (χ0n) is 15.8. The number of carbonyl (C=O) groups is 3. The second-order valence-electron chi connectivity index (χ2n) is 6.07. The van der Waals surface area contributed by atoms with E-state index in [1.54, 1.807) is 0 Å². The molecule has 0 saturated carbocycles. The van der Waals surface area contributed by atoms with E-state index in [-0.39, 0.29) is 31.7 Å². The summed E-state index contributed by atoms with van der Waals surface area (Å²) in [6, 6.07) is -0.995. The molecule has 0 aromatic rings. The Hall–Kier alpha value is -2.11. The number of amides is 3. The number of alkyl carbamates (subject to hydrolysis) is 1. The molecule has 0 aromatic heterocycles. The standard InChI is InChI=1S/C16H34N6O5/c17-7-3-1-5-12(22-14(23)13(19)6-2-4-8-18)11-27-16(25)21-9-10-26-15(20)24/h12-13H,1-11,17-19H2,(H2,20,24)(H,21,25)(H,22,23). The molecule has 158 valence electrons. The molecule has 11 heteroatoms. The van der Waals surface area contributed by atoms with Crippen LogP contribution in [0.5, 0.6) is 0 Å². The largest absolute Gasteiger partial charge is 0.448 e. The average Bonchev–Trinajstić information content (AvgIpc) is 2.63. The molecule has 0 aliphatic heterocycles. The van der Waals surface area contributed by atoms with Crippen molar-refractivity contribution in [2.45, 2.75) is 50.6 Å². The van der Waals surface area contributed by atoms with Gasteiger partial charge >= 0.3 is 12.2 Å². The summed E-state index contributed by atoms with van der Waals surface area (Å²) in [7, 11) is 0. The van der Waals surface area contributed by atoms with Crippen LogP contribution in [-0.2, 0) is 14.3 Å². The van der Waals surface area contributed by atoms with Crippen LogP contribution in [0.3, 0.4) is 0 Å². The van der Waals surface area contributed by atoms with Gasteiger partial charge in [-0.3, -0.25) is 4.79 Å². The van der Waals surface area contributed by atoms with E-state index in [4.69, 9.17) is 27.7 Å². The third-order valence-corrected chi connectivity index (χ3v) is 3.69. The van der Waals surface area contributed by atoms with Crippen molar-refractivity contribution in [1.29, 1.82) is 0 Å². The number of rotatable bonds is 15. The number of primary amides is 1. The van der Waals surface area contributed by atoms with Crippen molar-refractivity contribution >= 4 is 18.1 Å². The van der Waals surface area contributed by atoms with Gasteiger partial charge in [-0.25, -0.2) is 9.59 Å². The zero-order valence-corrected chi connectivity index (χ0v) is 15.8. The molecule has 0 heterocycles. The van der Waals surface area contributed by atoms with Gasteiger partial charge in [0.15, 0.2) is 0 Å². The fourth-order valence-corrected chi connectivity index (χ4v) is 2.21. The highest BCUT2D eigenvalue weighted by molar-refractivity contribution is 5.81. The third-order valence-electron chi connectivity index (χ3n) is 3.69. The molecule has 0 saturated heterocycles. The number of nitrogens with two attached hydrogens (primary N) is 4. The number of hydrogen-bond acceptors (Lipinski definition) is 8. The molecular formula is C16H34N6O5. The van der Waals surface area contributed by atoms with Gasteiger partial charge in [-0.05, 0) is 38.8 Å². The van der Waals surface area contributed by atoms with Gasteiger partial charge in [0.2, 0.25) is 5.91 Å². The molecule has 0 fully saturated rings. The van der Waals surface area contributed by atoms with E-state index in [1.807, 2.05) is 0 Å². The first-order chi connectivity index (χ1) is 12.9. The molecule has 10 N–H and O–H groups in total. The maximum absolute atomic E-state index is 12.2. The number of nitrogens with one attached hydrogen (secondary N) is 2. The molecule has 3 amide bonds. The molecule has 2 unspecified atom stereocenters.